The van der Waals surface area contributed by atoms with E-state index in [1.165, 1.54) is 18.3 Å². The molecular formula is C9H12N4O5S. The van der Waals surface area contributed by atoms with Gasteiger partial charge in [-0.05, 0) is 0 Å². The van der Waals surface area contributed by atoms with Crippen LogP contribution in [0.3, 0.4) is 0 Å². The Morgan fingerprint density at radius 2 is 2.32 bits per heavy atom. The summed E-state index contributed by atoms with van der Waals surface area (Å²) in [6.45, 7) is 1.21. The summed E-state index contributed by atoms with van der Waals surface area (Å²) in [5.41, 5.74) is 0.515. The normalized spacial score (nSPS) is 9.74. The van der Waals surface area contributed by atoms with Crippen molar-refractivity contribution in [2.24, 2.45) is 0 Å². The van der Waals surface area contributed by atoms with E-state index in [1.807, 2.05) is 0 Å². The minimum atomic E-state index is -0.924. The molecule has 1 aromatic rings. The minimum absolute atomic E-state index is 0.0363. The maximum Gasteiger partial charge on any atom is 0.294 e. The third-order valence-electron chi connectivity index (χ3n) is 1.80. The quantitative estimate of drug-likeness (QED) is 0.412. The molecule has 0 radical (unpaired) electrons. The molecular weight excluding hydrogens is 276 g/mol. The van der Waals surface area contributed by atoms with Gasteiger partial charge in [0.05, 0.1) is 12.1 Å². The number of thiazole rings is 1. The molecule has 0 bridgehead atoms. The molecule has 0 aliphatic carbocycles. The van der Waals surface area contributed by atoms with E-state index in [4.69, 9.17) is 0 Å². The van der Waals surface area contributed by atoms with Gasteiger partial charge in [0.15, 0.2) is 5.13 Å². The van der Waals surface area contributed by atoms with E-state index in [9.17, 15) is 19.7 Å². The van der Waals surface area contributed by atoms with Gasteiger partial charge < -0.3 is 15.5 Å². The highest BCUT2D eigenvalue weighted by Gasteiger charge is 2.08. The van der Waals surface area contributed by atoms with Gasteiger partial charge in [0.2, 0.25) is 11.8 Å². The molecule has 0 saturated heterocycles. The van der Waals surface area contributed by atoms with Crippen LogP contribution in [0.4, 0.5) is 5.13 Å². The highest BCUT2D eigenvalue weighted by atomic mass is 32.1. The fourth-order valence-corrected chi connectivity index (χ4v) is 1.89. The smallest absolute Gasteiger partial charge is 0.294 e. The van der Waals surface area contributed by atoms with Crippen molar-refractivity contribution in [2.75, 3.05) is 18.5 Å². The monoisotopic (exact) mass is 288 g/mol. The fraction of sp³-hybridized carbons (Fsp3) is 0.444. The van der Waals surface area contributed by atoms with E-state index in [0.29, 0.717) is 10.8 Å². The molecule has 0 atom stereocenters. The van der Waals surface area contributed by atoms with Crippen LogP contribution >= 0.6 is 11.3 Å². The first-order valence-corrected chi connectivity index (χ1v) is 6.11. The van der Waals surface area contributed by atoms with E-state index in [2.05, 4.69) is 20.5 Å². The average Bonchev–Trinajstić information content (AvgIpc) is 2.70. The second-order valence-electron chi connectivity index (χ2n) is 3.41. The van der Waals surface area contributed by atoms with Crippen molar-refractivity contribution >= 4 is 28.3 Å². The van der Waals surface area contributed by atoms with Crippen molar-refractivity contribution < 1.29 is 19.5 Å². The van der Waals surface area contributed by atoms with Crippen LogP contribution in [0.15, 0.2) is 5.38 Å². The first kappa shape index (κ1) is 14.8. The van der Waals surface area contributed by atoms with Crippen molar-refractivity contribution in [3.63, 3.8) is 0 Å². The molecule has 1 rings (SSSR count). The number of carbonyl (C=O) groups is 2. The Bertz CT molecular complexity index is 475. The maximum atomic E-state index is 11.4. The number of nitrogens with one attached hydrogen (secondary N) is 2. The van der Waals surface area contributed by atoms with E-state index < -0.39 is 5.09 Å². The van der Waals surface area contributed by atoms with Crippen LogP contribution in [0, 0.1) is 10.1 Å². The summed E-state index contributed by atoms with van der Waals surface area (Å²) in [6, 6.07) is 0. The van der Waals surface area contributed by atoms with Gasteiger partial charge in [-0.2, -0.15) is 0 Å². The second-order valence-corrected chi connectivity index (χ2v) is 4.27. The summed E-state index contributed by atoms with van der Waals surface area (Å²) in [5.74, 6) is -0.561. The molecule has 0 saturated carbocycles. The number of nitrogens with zero attached hydrogens (tertiary/aromatic N) is 2. The molecule has 1 aromatic heterocycles. The molecule has 0 unspecified atom stereocenters. The van der Waals surface area contributed by atoms with Crippen LogP contribution in [0.25, 0.3) is 0 Å². The first-order chi connectivity index (χ1) is 8.97. The van der Waals surface area contributed by atoms with E-state index in [0.717, 1.165) is 0 Å². The maximum absolute atomic E-state index is 11.4. The summed E-state index contributed by atoms with van der Waals surface area (Å²) in [4.78, 5) is 40.1. The van der Waals surface area contributed by atoms with Gasteiger partial charge in [-0.1, -0.05) is 0 Å². The van der Waals surface area contributed by atoms with Gasteiger partial charge >= 0.3 is 0 Å². The lowest BCUT2D eigenvalue weighted by Crippen LogP contribution is -2.29. The molecule has 19 heavy (non-hydrogen) atoms. The highest BCUT2D eigenvalue weighted by molar-refractivity contribution is 7.13. The number of hydrogen-bond acceptors (Lipinski definition) is 7. The lowest BCUT2D eigenvalue weighted by Gasteiger charge is -2.02. The van der Waals surface area contributed by atoms with Gasteiger partial charge in [-0.15, -0.1) is 21.5 Å². The van der Waals surface area contributed by atoms with Crippen molar-refractivity contribution in [3.05, 3.63) is 21.2 Å². The van der Waals surface area contributed by atoms with Crippen molar-refractivity contribution in [1.82, 2.24) is 10.3 Å². The van der Waals surface area contributed by atoms with Crippen molar-refractivity contribution in [3.8, 4) is 0 Å². The Morgan fingerprint density at radius 3 is 2.95 bits per heavy atom. The minimum Gasteiger partial charge on any atom is -0.354 e. The molecule has 2 N–H and O–H groups in total. The van der Waals surface area contributed by atoms with E-state index in [-0.39, 0.29) is 31.4 Å². The molecule has 0 fully saturated rings. The molecule has 0 aliphatic rings. The van der Waals surface area contributed by atoms with Gasteiger partial charge in [0.1, 0.15) is 6.61 Å². The van der Waals surface area contributed by atoms with E-state index in [1.54, 1.807) is 5.38 Å². The van der Waals surface area contributed by atoms with Gasteiger partial charge in [-0.3, -0.25) is 9.59 Å². The average molecular weight is 288 g/mol. The Labute approximate surface area is 112 Å². The number of amides is 2. The summed E-state index contributed by atoms with van der Waals surface area (Å²) in [5, 5.41) is 16.0. The molecule has 9 nitrogen and oxygen atoms in total. The molecule has 0 aliphatic heterocycles. The Hall–Kier alpha value is -2.23. The van der Waals surface area contributed by atoms with Crippen molar-refractivity contribution in [2.45, 2.75) is 13.3 Å². The van der Waals surface area contributed by atoms with Crippen LogP contribution in [0.5, 0.6) is 0 Å². The predicted molar refractivity (Wildman–Crippen MR) is 66.1 cm³/mol. The highest BCUT2D eigenvalue weighted by Crippen LogP contribution is 2.15. The Balaban J connectivity index is 2.30. The van der Waals surface area contributed by atoms with Gasteiger partial charge in [0, 0.05) is 18.8 Å². The Kier molecular flexibility index (Phi) is 5.67. The number of rotatable bonds is 7. The zero-order valence-electron chi connectivity index (χ0n) is 10.0. The van der Waals surface area contributed by atoms with Crippen LogP contribution < -0.4 is 10.6 Å². The number of anilines is 1. The number of carbonyl (C=O) groups excluding carboxylic acids is 2. The fourth-order valence-electron chi connectivity index (χ4n) is 1.13. The molecule has 104 valence electrons. The van der Waals surface area contributed by atoms with Crippen LogP contribution in [-0.2, 0) is 20.8 Å². The third-order valence-corrected chi connectivity index (χ3v) is 2.60. The van der Waals surface area contributed by atoms with Gasteiger partial charge in [-0.25, -0.2) is 4.98 Å². The standard InChI is InChI=1S/C9H12N4O5S/c1-6(14)11-9-12-7(5-19-9)4-8(15)10-2-3-18-13(16)17/h5H,2-4H2,1H3,(H,10,15)(H,11,12,14). The lowest BCUT2D eigenvalue weighted by atomic mass is 10.3. The summed E-state index contributed by atoms with van der Waals surface area (Å²) in [6.07, 6.45) is 0.0363. The van der Waals surface area contributed by atoms with E-state index >= 15 is 0 Å². The topological polar surface area (TPSA) is 123 Å². The zero-order chi connectivity index (χ0) is 14.3. The molecule has 0 aromatic carbocycles. The van der Waals surface area contributed by atoms with Crippen LogP contribution in [0.1, 0.15) is 12.6 Å². The first-order valence-electron chi connectivity index (χ1n) is 5.23. The van der Waals surface area contributed by atoms with Crippen molar-refractivity contribution in [1.29, 1.82) is 0 Å². The Morgan fingerprint density at radius 1 is 1.58 bits per heavy atom. The predicted octanol–water partition coefficient (Wildman–Crippen LogP) is -0.0315. The second kappa shape index (κ2) is 7.26. The lowest BCUT2D eigenvalue weighted by molar-refractivity contribution is -0.757. The van der Waals surface area contributed by atoms with Crippen LogP contribution in [0.2, 0.25) is 0 Å². The summed E-state index contributed by atoms with van der Waals surface area (Å²) < 4.78 is 0. The van der Waals surface area contributed by atoms with Gasteiger partial charge in [0.25, 0.3) is 5.09 Å². The largest absolute Gasteiger partial charge is 0.354 e. The number of hydrogen-bond donors (Lipinski definition) is 2. The zero-order valence-corrected chi connectivity index (χ0v) is 10.9. The number of aromatic nitrogens is 1. The molecule has 0 spiro atoms. The molecule has 10 heteroatoms. The molecule has 1 heterocycles. The SMILES string of the molecule is CC(=O)Nc1nc(CC(=O)NCCO[N+](=O)[O-])cs1. The third kappa shape index (κ3) is 6.31. The summed E-state index contributed by atoms with van der Waals surface area (Å²) in [7, 11) is 0. The summed E-state index contributed by atoms with van der Waals surface area (Å²) >= 11 is 1.22. The van der Waals surface area contributed by atoms with Crippen LogP contribution in [-0.4, -0.2) is 35.0 Å². The molecule has 2 amide bonds.